The molecule has 1 aromatic rings. The van der Waals surface area contributed by atoms with E-state index in [1.165, 1.54) is 18.2 Å². The second-order valence-corrected chi connectivity index (χ2v) is 3.95. The van der Waals surface area contributed by atoms with E-state index in [0.717, 1.165) is 13.1 Å². The second-order valence-electron chi connectivity index (χ2n) is 3.95. The Kier molecular flexibility index (Phi) is 3.22. The molecular weight excluding hydrogens is 204 g/mol. The summed E-state index contributed by atoms with van der Waals surface area (Å²) in [6.07, 6.45) is 0. The molecule has 0 aromatic heterocycles. The smallest absolute Gasteiger partial charge is 0.324 e. The predicted molar refractivity (Wildman–Crippen MR) is 60.5 cm³/mol. The summed E-state index contributed by atoms with van der Waals surface area (Å²) in [4.78, 5) is 13.6. The molecule has 0 aliphatic carbocycles. The Morgan fingerprint density at radius 2 is 2.00 bits per heavy atom. The van der Waals surface area contributed by atoms with E-state index >= 15 is 0 Å². The van der Waals surface area contributed by atoms with Crippen molar-refractivity contribution in [2.45, 2.75) is 19.1 Å². The average molecular weight is 220 g/mol. The largest absolute Gasteiger partial charge is 0.468 e. The Morgan fingerprint density at radius 3 is 2.44 bits per heavy atom. The molecule has 0 saturated carbocycles. The summed E-state index contributed by atoms with van der Waals surface area (Å²) in [5.41, 5.74) is 8.16. The average Bonchev–Trinajstić information content (AvgIpc) is 2.72. The molecule has 0 saturated heterocycles. The van der Waals surface area contributed by atoms with Gasteiger partial charge in [-0.25, -0.2) is 0 Å². The molecule has 2 N–H and O–H groups in total. The van der Waals surface area contributed by atoms with Crippen molar-refractivity contribution in [3.63, 3.8) is 0 Å². The number of esters is 1. The van der Waals surface area contributed by atoms with Crippen LogP contribution in [-0.4, -0.2) is 30.6 Å². The first kappa shape index (κ1) is 11.1. The molecule has 0 bridgehead atoms. The lowest BCUT2D eigenvalue weighted by molar-refractivity contribution is -0.146. The maximum Gasteiger partial charge on any atom is 0.324 e. The molecule has 2 rings (SSSR count). The van der Waals surface area contributed by atoms with Gasteiger partial charge in [0.15, 0.2) is 0 Å². The van der Waals surface area contributed by atoms with Gasteiger partial charge < -0.3 is 10.5 Å². The number of hydrogen-bond donors (Lipinski definition) is 1. The minimum Gasteiger partial charge on any atom is -0.468 e. The molecule has 1 atom stereocenters. The minimum atomic E-state index is -0.336. The van der Waals surface area contributed by atoms with Crippen LogP contribution in [0.3, 0.4) is 0 Å². The van der Waals surface area contributed by atoms with Crippen LogP contribution < -0.4 is 5.73 Å². The number of nitrogens with zero attached hydrogens (tertiary/aromatic N) is 1. The fourth-order valence-electron chi connectivity index (χ4n) is 2.11. The molecule has 4 heteroatoms. The third-order valence-corrected chi connectivity index (χ3v) is 3.00. The number of carbonyl (C=O) groups excluding carboxylic acids is 1. The van der Waals surface area contributed by atoms with Gasteiger partial charge in [-0.1, -0.05) is 24.3 Å². The van der Waals surface area contributed by atoms with Crippen molar-refractivity contribution in [1.82, 2.24) is 4.90 Å². The van der Waals surface area contributed by atoms with E-state index < -0.39 is 0 Å². The Labute approximate surface area is 95.0 Å². The number of ether oxygens (including phenoxy) is 1. The zero-order valence-corrected chi connectivity index (χ0v) is 9.35. The van der Waals surface area contributed by atoms with E-state index in [-0.39, 0.29) is 12.0 Å². The molecular formula is C12H16N2O2. The van der Waals surface area contributed by atoms with E-state index in [0.29, 0.717) is 6.54 Å². The molecule has 1 heterocycles. The van der Waals surface area contributed by atoms with Crippen LogP contribution in [-0.2, 0) is 22.6 Å². The Hall–Kier alpha value is -1.39. The highest BCUT2D eigenvalue weighted by Crippen LogP contribution is 2.24. The van der Waals surface area contributed by atoms with Crippen molar-refractivity contribution in [2.24, 2.45) is 5.73 Å². The normalized spacial score (nSPS) is 16.9. The fraction of sp³-hybridized carbons (Fsp3) is 0.417. The van der Waals surface area contributed by atoms with Gasteiger partial charge in [-0.05, 0) is 11.1 Å². The molecule has 1 unspecified atom stereocenters. The molecule has 1 aromatic carbocycles. The van der Waals surface area contributed by atoms with Crippen molar-refractivity contribution in [3.8, 4) is 0 Å². The van der Waals surface area contributed by atoms with E-state index in [2.05, 4.69) is 17.0 Å². The number of carbonyl (C=O) groups is 1. The topological polar surface area (TPSA) is 55.6 Å². The Morgan fingerprint density at radius 1 is 1.44 bits per heavy atom. The van der Waals surface area contributed by atoms with Gasteiger partial charge in [-0.3, -0.25) is 9.69 Å². The first-order valence-electron chi connectivity index (χ1n) is 5.35. The lowest BCUT2D eigenvalue weighted by atomic mass is 10.1. The quantitative estimate of drug-likeness (QED) is 0.754. The lowest BCUT2D eigenvalue weighted by Crippen LogP contribution is -2.43. The summed E-state index contributed by atoms with van der Waals surface area (Å²) in [6, 6.07) is 7.85. The molecule has 4 nitrogen and oxygen atoms in total. The number of methoxy groups -OCH3 is 1. The summed E-state index contributed by atoms with van der Waals surface area (Å²) >= 11 is 0. The standard InChI is InChI=1S/C12H16N2O2/c1-16-12(15)11(6-13)14-7-9-4-2-3-5-10(9)8-14/h2-5,11H,6-8,13H2,1H3. The SMILES string of the molecule is COC(=O)C(CN)N1Cc2ccccc2C1. The van der Waals surface area contributed by atoms with Gasteiger partial charge >= 0.3 is 5.97 Å². The lowest BCUT2D eigenvalue weighted by Gasteiger charge is -2.23. The summed E-state index contributed by atoms with van der Waals surface area (Å²) in [7, 11) is 1.40. The van der Waals surface area contributed by atoms with Gasteiger partial charge in [-0.15, -0.1) is 0 Å². The van der Waals surface area contributed by atoms with Crippen LogP contribution in [0.5, 0.6) is 0 Å². The maximum atomic E-state index is 11.5. The first-order valence-corrected chi connectivity index (χ1v) is 5.35. The Bertz CT molecular complexity index is 367. The van der Waals surface area contributed by atoms with Crippen molar-refractivity contribution < 1.29 is 9.53 Å². The van der Waals surface area contributed by atoms with E-state index in [4.69, 9.17) is 10.5 Å². The van der Waals surface area contributed by atoms with E-state index in [1.54, 1.807) is 0 Å². The fourth-order valence-corrected chi connectivity index (χ4v) is 2.11. The minimum absolute atomic E-state index is 0.254. The third-order valence-electron chi connectivity index (χ3n) is 3.00. The van der Waals surface area contributed by atoms with Crippen LogP contribution in [0.15, 0.2) is 24.3 Å². The molecule has 0 radical (unpaired) electrons. The molecule has 0 spiro atoms. The predicted octanol–water partition coefficient (Wildman–Crippen LogP) is 0.503. The number of benzene rings is 1. The molecule has 0 amide bonds. The van der Waals surface area contributed by atoms with E-state index in [1.807, 2.05) is 12.1 Å². The number of nitrogens with two attached hydrogens (primary N) is 1. The van der Waals surface area contributed by atoms with Crippen molar-refractivity contribution in [2.75, 3.05) is 13.7 Å². The first-order chi connectivity index (χ1) is 7.76. The highest BCUT2D eigenvalue weighted by molar-refractivity contribution is 5.76. The highest BCUT2D eigenvalue weighted by Gasteiger charge is 2.30. The van der Waals surface area contributed by atoms with Crippen LogP contribution >= 0.6 is 0 Å². The summed E-state index contributed by atoms with van der Waals surface area (Å²) in [5, 5.41) is 0. The van der Waals surface area contributed by atoms with Crippen LogP contribution in [0.25, 0.3) is 0 Å². The molecule has 1 aliphatic rings. The second kappa shape index (κ2) is 4.63. The molecule has 1 aliphatic heterocycles. The van der Waals surface area contributed by atoms with Gasteiger partial charge in [0.25, 0.3) is 0 Å². The maximum absolute atomic E-state index is 11.5. The summed E-state index contributed by atoms with van der Waals surface area (Å²) < 4.78 is 4.75. The van der Waals surface area contributed by atoms with Gasteiger partial charge in [0.2, 0.25) is 0 Å². The zero-order chi connectivity index (χ0) is 11.5. The van der Waals surface area contributed by atoms with Crippen LogP contribution in [0.4, 0.5) is 0 Å². The molecule has 16 heavy (non-hydrogen) atoms. The summed E-state index contributed by atoms with van der Waals surface area (Å²) in [6.45, 7) is 1.83. The van der Waals surface area contributed by atoms with Crippen molar-refractivity contribution in [3.05, 3.63) is 35.4 Å². The van der Waals surface area contributed by atoms with Gasteiger partial charge in [-0.2, -0.15) is 0 Å². The van der Waals surface area contributed by atoms with Crippen molar-refractivity contribution in [1.29, 1.82) is 0 Å². The Balaban J connectivity index is 2.12. The van der Waals surface area contributed by atoms with Crippen LogP contribution in [0, 0.1) is 0 Å². The van der Waals surface area contributed by atoms with E-state index in [9.17, 15) is 4.79 Å². The monoisotopic (exact) mass is 220 g/mol. The van der Waals surface area contributed by atoms with Crippen LogP contribution in [0.2, 0.25) is 0 Å². The third kappa shape index (κ3) is 1.94. The number of hydrogen-bond acceptors (Lipinski definition) is 4. The van der Waals surface area contributed by atoms with Gasteiger partial charge in [0.05, 0.1) is 7.11 Å². The van der Waals surface area contributed by atoms with Gasteiger partial charge in [0, 0.05) is 19.6 Å². The number of fused-ring (bicyclic) bond motifs is 1. The molecule has 0 fully saturated rings. The van der Waals surface area contributed by atoms with Crippen LogP contribution in [0.1, 0.15) is 11.1 Å². The summed E-state index contributed by atoms with van der Waals surface area (Å²) in [5.74, 6) is -0.254. The molecule has 86 valence electrons. The van der Waals surface area contributed by atoms with Gasteiger partial charge in [0.1, 0.15) is 6.04 Å². The highest BCUT2D eigenvalue weighted by atomic mass is 16.5. The zero-order valence-electron chi connectivity index (χ0n) is 9.35. The van der Waals surface area contributed by atoms with Crippen molar-refractivity contribution >= 4 is 5.97 Å². The number of rotatable bonds is 3.